The fourth-order valence-electron chi connectivity index (χ4n) is 2.25. The van der Waals surface area contributed by atoms with Crippen molar-refractivity contribution in [1.82, 2.24) is 0 Å². The number of hydrogen-bond acceptors (Lipinski definition) is 5. The lowest BCUT2D eigenvalue weighted by Crippen LogP contribution is -2.07. The lowest BCUT2D eigenvalue weighted by molar-refractivity contribution is -0.102. The van der Waals surface area contributed by atoms with Gasteiger partial charge in [0.25, 0.3) is 0 Å². The van der Waals surface area contributed by atoms with Gasteiger partial charge >= 0.3 is 0 Å². The van der Waals surface area contributed by atoms with Crippen LogP contribution in [-0.4, -0.2) is 40.3 Å². The summed E-state index contributed by atoms with van der Waals surface area (Å²) in [6.45, 7) is 0. The molecular weight excluding hydrogens is 314 g/mol. The van der Waals surface area contributed by atoms with Gasteiger partial charge in [0.2, 0.25) is 0 Å². The molecule has 5 nitrogen and oxygen atoms in total. The number of ether oxygens (including phenoxy) is 1. The molecule has 0 fully saturated rings. The van der Waals surface area contributed by atoms with Crippen molar-refractivity contribution >= 4 is 35.1 Å². The molecule has 0 saturated heterocycles. The van der Waals surface area contributed by atoms with Gasteiger partial charge in [0.15, 0.2) is 6.29 Å². The maximum absolute atomic E-state index is 11.4. The van der Waals surface area contributed by atoms with E-state index < -0.39 is 0 Å². The second kappa shape index (κ2) is 8.68. The molecule has 0 atom stereocenters. The van der Waals surface area contributed by atoms with Crippen LogP contribution < -0.4 is 15.0 Å². The molecule has 0 aliphatic heterocycles. The molecule has 2 aromatic carbocycles. The van der Waals surface area contributed by atoms with Crippen molar-refractivity contribution in [1.29, 1.82) is 0 Å². The Morgan fingerprint density at radius 3 is 2.44 bits per heavy atom. The Bertz CT molecular complexity index is 778. The third-order valence-corrected chi connectivity index (χ3v) is 3.70. The number of aldehydes is 1. The van der Waals surface area contributed by atoms with Crippen molar-refractivity contribution in [2.45, 2.75) is 0 Å². The van der Waals surface area contributed by atoms with Crippen LogP contribution in [0.4, 0.5) is 17.1 Å². The molecule has 0 heterocycles. The monoisotopic (exact) mass is 337 g/mol. The smallest absolute Gasteiger partial charge is 0.168 e. The number of anilines is 2. The number of allylic oxidation sites excluding steroid dienone is 1. The van der Waals surface area contributed by atoms with E-state index in [0.717, 1.165) is 23.2 Å². The van der Waals surface area contributed by atoms with Crippen molar-refractivity contribution in [3.05, 3.63) is 54.1 Å². The standard InChI is InChI=1S/C20H23N3O2/c1-21-19-12-11-18(25-4)13-20(19)22-16(14-24)8-5-15-6-9-17(10-7-15)23(2)3/h5-14,21H,1-4H3/b8-5+,22-16-. The molecule has 0 aliphatic carbocycles. The van der Waals surface area contributed by atoms with Crippen molar-refractivity contribution in [3.8, 4) is 5.75 Å². The number of hydrogen-bond donors (Lipinski definition) is 1. The number of nitrogens with one attached hydrogen (secondary N) is 1. The van der Waals surface area contributed by atoms with Crippen LogP contribution in [-0.2, 0) is 4.79 Å². The zero-order chi connectivity index (χ0) is 18.2. The zero-order valence-corrected chi connectivity index (χ0v) is 15.0. The van der Waals surface area contributed by atoms with Crippen LogP contribution >= 0.6 is 0 Å². The second-order valence-corrected chi connectivity index (χ2v) is 5.61. The minimum absolute atomic E-state index is 0.335. The Kier molecular flexibility index (Phi) is 6.34. The summed E-state index contributed by atoms with van der Waals surface area (Å²) in [6, 6.07) is 13.5. The van der Waals surface area contributed by atoms with Gasteiger partial charge in [0.1, 0.15) is 11.5 Å². The number of nitrogens with zero attached hydrogens (tertiary/aromatic N) is 2. The highest BCUT2D eigenvalue weighted by Gasteiger charge is 2.03. The molecule has 130 valence electrons. The molecule has 0 radical (unpaired) electrons. The summed E-state index contributed by atoms with van der Waals surface area (Å²) in [5.41, 5.74) is 3.93. The molecule has 0 bridgehead atoms. The van der Waals surface area contributed by atoms with Crippen LogP contribution in [0.1, 0.15) is 5.56 Å². The fourth-order valence-corrected chi connectivity index (χ4v) is 2.25. The molecule has 0 unspecified atom stereocenters. The number of aliphatic imine (C=N–C) groups is 1. The molecule has 5 heteroatoms. The molecule has 0 saturated carbocycles. The van der Waals surface area contributed by atoms with E-state index in [9.17, 15) is 4.79 Å². The van der Waals surface area contributed by atoms with E-state index in [-0.39, 0.29) is 0 Å². The Morgan fingerprint density at radius 1 is 1.16 bits per heavy atom. The molecule has 2 rings (SSSR count). The molecule has 25 heavy (non-hydrogen) atoms. The summed E-state index contributed by atoms with van der Waals surface area (Å²) in [5, 5.41) is 3.06. The van der Waals surface area contributed by atoms with E-state index in [1.807, 2.05) is 68.5 Å². The highest BCUT2D eigenvalue weighted by molar-refractivity contribution is 6.35. The topological polar surface area (TPSA) is 53.9 Å². The third kappa shape index (κ3) is 4.94. The molecule has 0 spiro atoms. The summed E-state index contributed by atoms with van der Waals surface area (Å²) in [5.74, 6) is 0.686. The van der Waals surface area contributed by atoms with Gasteiger partial charge in [0.05, 0.1) is 18.5 Å². The van der Waals surface area contributed by atoms with E-state index in [4.69, 9.17) is 4.74 Å². The van der Waals surface area contributed by atoms with Crippen LogP contribution in [0.15, 0.2) is 53.5 Å². The molecule has 2 aromatic rings. The van der Waals surface area contributed by atoms with Crippen LogP contribution in [0, 0.1) is 0 Å². The van der Waals surface area contributed by atoms with Crippen LogP contribution in [0.5, 0.6) is 5.75 Å². The lowest BCUT2D eigenvalue weighted by atomic mass is 10.1. The number of methoxy groups -OCH3 is 1. The van der Waals surface area contributed by atoms with E-state index in [1.165, 1.54) is 0 Å². The number of carbonyl (C=O) groups is 1. The van der Waals surface area contributed by atoms with Gasteiger partial charge in [-0.25, -0.2) is 4.99 Å². The van der Waals surface area contributed by atoms with Crippen molar-refractivity contribution in [2.75, 3.05) is 38.5 Å². The van der Waals surface area contributed by atoms with Crippen molar-refractivity contribution in [3.63, 3.8) is 0 Å². The Labute approximate surface area is 148 Å². The van der Waals surface area contributed by atoms with E-state index in [2.05, 4.69) is 10.3 Å². The molecule has 1 N–H and O–H groups in total. The third-order valence-electron chi connectivity index (χ3n) is 3.70. The molecule has 0 aliphatic rings. The normalized spacial score (nSPS) is 11.4. The average Bonchev–Trinajstić information content (AvgIpc) is 2.65. The van der Waals surface area contributed by atoms with Gasteiger partial charge in [0, 0.05) is 32.9 Å². The van der Waals surface area contributed by atoms with Crippen LogP contribution in [0.3, 0.4) is 0 Å². The Balaban J connectivity index is 2.27. The molecule has 0 aromatic heterocycles. The largest absolute Gasteiger partial charge is 0.497 e. The summed E-state index contributed by atoms with van der Waals surface area (Å²) in [4.78, 5) is 17.9. The van der Waals surface area contributed by atoms with Gasteiger partial charge in [-0.1, -0.05) is 18.2 Å². The first-order valence-corrected chi connectivity index (χ1v) is 7.92. The van der Waals surface area contributed by atoms with Gasteiger partial charge in [-0.2, -0.15) is 0 Å². The fraction of sp³-hybridized carbons (Fsp3) is 0.200. The minimum Gasteiger partial charge on any atom is -0.497 e. The predicted octanol–water partition coefficient (Wildman–Crippen LogP) is 3.79. The van der Waals surface area contributed by atoms with Gasteiger partial charge in [-0.05, 0) is 35.9 Å². The molecular formula is C20H23N3O2. The predicted molar refractivity (Wildman–Crippen MR) is 106 cm³/mol. The zero-order valence-electron chi connectivity index (χ0n) is 15.0. The quantitative estimate of drug-likeness (QED) is 0.617. The summed E-state index contributed by atoms with van der Waals surface area (Å²) >= 11 is 0. The number of benzene rings is 2. The first kappa shape index (κ1) is 18.3. The summed E-state index contributed by atoms with van der Waals surface area (Å²) in [7, 11) is 7.40. The first-order valence-electron chi connectivity index (χ1n) is 7.92. The minimum atomic E-state index is 0.335. The average molecular weight is 337 g/mol. The highest BCUT2D eigenvalue weighted by Crippen LogP contribution is 2.29. The summed E-state index contributed by atoms with van der Waals surface area (Å²) < 4.78 is 5.22. The van der Waals surface area contributed by atoms with Gasteiger partial charge in [-0.15, -0.1) is 0 Å². The van der Waals surface area contributed by atoms with Crippen LogP contribution in [0.25, 0.3) is 6.08 Å². The highest BCUT2D eigenvalue weighted by atomic mass is 16.5. The van der Waals surface area contributed by atoms with E-state index in [0.29, 0.717) is 17.1 Å². The summed E-state index contributed by atoms with van der Waals surface area (Å²) in [6.07, 6.45) is 4.31. The van der Waals surface area contributed by atoms with Gasteiger partial charge in [-0.3, -0.25) is 4.79 Å². The van der Waals surface area contributed by atoms with Crippen molar-refractivity contribution < 1.29 is 9.53 Å². The van der Waals surface area contributed by atoms with Crippen molar-refractivity contribution in [2.24, 2.45) is 4.99 Å². The second-order valence-electron chi connectivity index (χ2n) is 5.61. The Hall–Kier alpha value is -3.08. The Morgan fingerprint density at radius 2 is 1.88 bits per heavy atom. The number of carbonyl (C=O) groups excluding carboxylic acids is 1. The first-order chi connectivity index (χ1) is 12.1. The van der Waals surface area contributed by atoms with Gasteiger partial charge < -0.3 is 15.0 Å². The SMILES string of the molecule is CNc1ccc(OC)cc1/N=C(C=O)/C=C/c1ccc(N(C)C)cc1. The lowest BCUT2D eigenvalue weighted by Gasteiger charge is -2.11. The molecule has 0 amide bonds. The van der Waals surface area contributed by atoms with E-state index in [1.54, 1.807) is 19.3 Å². The maximum Gasteiger partial charge on any atom is 0.168 e. The number of rotatable bonds is 7. The van der Waals surface area contributed by atoms with Crippen LogP contribution in [0.2, 0.25) is 0 Å². The maximum atomic E-state index is 11.4. The van der Waals surface area contributed by atoms with E-state index >= 15 is 0 Å².